The zero-order chi connectivity index (χ0) is 13.1. The summed E-state index contributed by atoms with van der Waals surface area (Å²) in [5.74, 6) is -0.806. The van der Waals surface area contributed by atoms with Crippen LogP contribution in [-0.4, -0.2) is 51.6 Å². The normalized spacial score (nSPS) is 21.1. The number of carboxylic acids is 1. The quantitative estimate of drug-likeness (QED) is 0.841. The Hall–Kier alpha value is -1.40. The van der Waals surface area contributed by atoms with Gasteiger partial charge >= 0.3 is 5.97 Å². The molecule has 0 radical (unpaired) electrons. The number of aliphatic carboxylic acids is 1. The summed E-state index contributed by atoms with van der Waals surface area (Å²) in [6, 6.07) is 0. The molecule has 18 heavy (non-hydrogen) atoms. The van der Waals surface area contributed by atoms with E-state index in [1.807, 2.05) is 24.9 Å². The lowest BCUT2D eigenvalue weighted by atomic mass is 10.2. The first-order valence-electron chi connectivity index (χ1n) is 6.09. The lowest BCUT2D eigenvalue weighted by Gasteiger charge is -2.32. The fourth-order valence-electron chi connectivity index (χ4n) is 2.18. The van der Waals surface area contributed by atoms with Crippen molar-refractivity contribution in [3.63, 3.8) is 0 Å². The molecule has 0 aliphatic carbocycles. The van der Waals surface area contributed by atoms with Crippen LogP contribution in [0.3, 0.4) is 0 Å². The first kappa shape index (κ1) is 13.0. The molecule has 1 aromatic heterocycles. The van der Waals surface area contributed by atoms with E-state index in [4.69, 9.17) is 9.84 Å². The molecule has 1 atom stereocenters. The second kappa shape index (κ2) is 5.49. The Morgan fingerprint density at radius 3 is 3.06 bits per heavy atom. The van der Waals surface area contributed by atoms with Crippen LogP contribution in [0.25, 0.3) is 0 Å². The summed E-state index contributed by atoms with van der Waals surface area (Å²) in [7, 11) is 1.92. The summed E-state index contributed by atoms with van der Waals surface area (Å²) >= 11 is 0. The number of nitrogens with zero attached hydrogens (tertiary/aromatic N) is 3. The van der Waals surface area contributed by atoms with E-state index in [-0.39, 0.29) is 12.5 Å². The summed E-state index contributed by atoms with van der Waals surface area (Å²) in [5, 5.41) is 13.0. The molecule has 6 heteroatoms. The lowest BCUT2D eigenvalue weighted by molar-refractivity contribution is -0.142. The molecule has 2 rings (SSSR count). The van der Waals surface area contributed by atoms with Gasteiger partial charge in [-0.05, 0) is 6.92 Å². The Labute approximate surface area is 106 Å². The van der Waals surface area contributed by atoms with Gasteiger partial charge in [0.1, 0.15) is 0 Å². The van der Waals surface area contributed by atoms with Crippen molar-refractivity contribution in [2.45, 2.75) is 26.0 Å². The molecule has 0 spiro atoms. The number of carbonyl (C=O) groups is 1. The maximum Gasteiger partial charge on any atom is 0.306 e. The molecule has 100 valence electrons. The van der Waals surface area contributed by atoms with Gasteiger partial charge in [0.2, 0.25) is 0 Å². The maximum absolute atomic E-state index is 10.7. The molecule has 1 aliphatic heterocycles. The standard InChI is InChI=1S/C12H19N3O3/c1-9-10(6-13-14(9)2)7-15-3-4-18-11(8-15)5-12(16)17/h6,11H,3-5,7-8H2,1-2H3,(H,16,17). The molecule has 1 unspecified atom stereocenters. The van der Waals surface area contributed by atoms with Crippen molar-refractivity contribution in [2.24, 2.45) is 7.05 Å². The van der Waals surface area contributed by atoms with Crippen molar-refractivity contribution in [2.75, 3.05) is 19.7 Å². The molecular weight excluding hydrogens is 234 g/mol. The van der Waals surface area contributed by atoms with Crippen LogP contribution < -0.4 is 0 Å². The molecule has 6 nitrogen and oxygen atoms in total. The SMILES string of the molecule is Cc1c(CN2CCOC(CC(=O)O)C2)cnn1C. The highest BCUT2D eigenvalue weighted by Gasteiger charge is 2.23. The largest absolute Gasteiger partial charge is 0.481 e. The molecule has 2 heterocycles. The van der Waals surface area contributed by atoms with Crippen molar-refractivity contribution >= 4 is 5.97 Å². The van der Waals surface area contributed by atoms with E-state index in [0.717, 1.165) is 18.8 Å². The van der Waals surface area contributed by atoms with Crippen LogP contribution in [0, 0.1) is 6.92 Å². The van der Waals surface area contributed by atoms with Gasteiger partial charge in [-0.2, -0.15) is 5.10 Å². The van der Waals surface area contributed by atoms with Crippen LogP contribution in [0.4, 0.5) is 0 Å². The second-order valence-electron chi connectivity index (χ2n) is 4.70. The first-order chi connectivity index (χ1) is 8.56. The van der Waals surface area contributed by atoms with Gasteiger partial charge in [0, 0.05) is 37.9 Å². The number of carboxylic acid groups (broad SMARTS) is 1. The van der Waals surface area contributed by atoms with Crippen molar-refractivity contribution < 1.29 is 14.6 Å². The highest BCUT2D eigenvalue weighted by Crippen LogP contribution is 2.14. The lowest BCUT2D eigenvalue weighted by Crippen LogP contribution is -2.42. The molecule has 1 fully saturated rings. The molecular formula is C12H19N3O3. The number of ether oxygens (including phenoxy) is 1. The van der Waals surface area contributed by atoms with Crippen LogP contribution in [0.15, 0.2) is 6.20 Å². The average molecular weight is 253 g/mol. The molecule has 1 aliphatic rings. The van der Waals surface area contributed by atoms with E-state index in [1.165, 1.54) is 5.56 Å². The minimum atomic E-state index is -0.806. The van der Waals surface area contributed by atoms with Gasteiger partial charge in [0.15, 0.2) is 0 Å². The van der Waals surface area contributed by atoms with Crippen molar-refractivity contribution in [3.8, 4) is 0 Å². The number of hydrogen-bond donors (Lipinski definition) is 1. The minimum Gasteiger partial charge on any atom is -0.481 e. The van der Waals surface area contributed by atoms with Gasteiger partial charge in [-0.3, -0.25) is 14.4 Å². The third-order valence-corrected chi connectivity index (χ3v) is 3.36. The number of hydrogen-bond acceptors (Lipinski definition) is 4. The Morgan fingerprint density at radius 2 is 2.44 bits per heavy atom. The summed E-state index contributed by atoms with van der Waals surface area (Å²) in [6.45, 7) is 4.94. The Morgan fingerprint density at radius 1 is 1.67 bits per heavy atom. The number of aryl methyl sites for hydroxylation is 1. The van der Waals surface area contributed by atoms with Gasteiger partial charge in [-0.15, -0.1) is 0 Å². The van der Waals surface area contributed by atoms with Crippen LogP contribution in [-0.2, 0) is 23.1 Å². The van der Waals surface area contributed by atoms with E-state index < -0.39 is 5.97 Å². The molecule has 1 aromatic rings. The maximum atomic E-state index is 10.7. The van der Waals surface area contributed by atoms with E-state index >= 15 is 0 Å². The first-order valence-corrected chi connectivity index (χ1v) is 6.09. The van der Waals surface area contributed by atoms with Gasteiger partial charge in [0.05, 0.1) is 25.3 Å². The Bertz CT molecular complexity index is 430. The molecule has 0 saturated carbocycles. The van der Waals surface area contributed by atoms with Crippen molar-refractivity contribution in [3.05, 3.63) is 17.5 Å². The summed E-state index contributed by atoms with van der Waals surface area (Å²) in [4.78, 5) is 12.9. The predicted octanol–water partition coefficient (Wildman–Crippen LogP) is 0.404. The van der Waals surface area contributed by atoms with E-state index in [9.17, 15) is 4.79 Å². The zero-order valence-electron chi connectivity index (χ0n) is 10.8. The monoisotopic (exact) mass is 253 g/mol. The third kappa shape index (κ3) is 3.08. The molecule has 0 aromatic carbocycles. The summed E-state index contributed by atoms with van der Waals surface area (Å²) < 4.78 is 7.30. The van der Waals surface area contributed by atoms with Gasteiger partial charge in [-0.25, -0.2) is 0 Å². The number of rotatable bonds is 4. The van der Waals surface area contributed by atoms with E-state index in [2.05, 4.69) is 10.00 Å². The van der Waals surface area contributed by atoms with E-state index in [1.54, 1.807) is 0 Å². The number of aromatic nitrogens is 2. The molecule has 0 amide bonds. The fourth-order valence-corrected chi connectivity index (χ4v) is 2.18. The summed E-state index contributed by atoms with van der Waals surface area (Å²) in [6.07, 6.45) is 1.74. The van der Waals surface area contributed by atoms with Crippen molar-refractivity contribution in [1.82, 2.24) is 14.7 Å². The molecule has 1 saturated heterocycles. The second-order valence-corrected chi connectivity index (χ2v) is 4.70. The van der Waals surface area contributed by atoms with Gasteiger partial charge < -0.3 is 9.84 Å². The smallest absolute Gasteiger partial charge is 0.306 e. The topological polar surface area (TPSA) is 67.6 Å². The van der Waals surface area contributed by atoms with Gasteiger partial charge in [0.25, 0.3) is 0 Å². The average Bonchev–Trinajstić information content (AvgIpc) is 2.61. The predicted molar refractivity (Wildman–Crippen MR) is 65.2 cm³/mol. The Balaban J connectivity index is 1.93. The van der Waals surface area contributed by atoms with Crippen LogP contribution in [0.5, 0.6) is 0 Å². The highest BCUT2D eigenvalue weighted by molar-refractivity contribution is 5.67. The Kier molecular flexibility index (Phi) is 3.98. The number of morpholine rings is 1. The van der Waals surface area contributed by atoms with Crippen LogP contribution in [0.1, 0.15) is 17.7 Å². The zero-order valence-corrected chi connectivity index (χ0v) is 10.8. The third-order valence-electron chi connectivity index (χ3n) is 3.36. The highest BCUT2D eigenvalue weighted by atomic mass is 16.5. The molecule has 0 bridgehead atoms. The summed E-state index contributed by atoms with van der Waals surface area (Å²) in [5.41, 5.74) is 2.34. The van der Waals surface area contributed by atoms with Crippen LogP contribution >= 0.6 is 0 Å². The minimum absolute atomic E-state index is 0.0719. The van der Waals surface area contributed by atoms with Crippen molar-refractivity contribution in [1.29, 1.82) is 0 Å². The molecule has 1 N–H and O–H groups in total. The van der Waals surface area contributed by atoms with E-state index in [0.29, 0.717) is 13.2 Å². The van der Waals surface area contributed by atoms with Crippen LogP contribution in [0.2, 0.25) is 0 Å². The fraction of sp³-hybridized carbons (Fsp3) is 0.667. The van der Waals surface area contributed by atoms with Gasteiger partial charge in [-0.1, -0.05) is 0 Å².